The van der Waals surface area contributed by atoms with Crippen LogP contribution in [0.15, 0.2) is 108 Å². The van der Waals surface area contributed by atoms with Crippen LogP contribution in [0.4, 0.5) is 5.69 Å². The maximum atomic E-state index is 13.8. The van der Waals surface area contributed by atoms with E-state index in [1.807, 2.05) is 36.4 Å². The van der Waals surface area contributed by atoms with Crippen LogP contribution in [0.5, 0.6) is 0 Å². The molecule has 4 N–H and O–H groups in total. The van der Waals surface area contributed by atoms with Gasteiger partial charge in [-0.25, -0.2) is 9.59 Å². The summed E-state index contributed by atoms with van der Waals surface area (Å²) in [5.74, 6) is -2.37. The van der Waals surface area contributed by atoms with E-state index in [0.717, 1.165) is 11.1 Å². The first-order chi connectivity index (χ1) is 22.6. The average molecular weight is 679 g/mol. The number of hydrogen-bond acceptors (Lipinski definition) is 11. The Labute approximate surface area is 278 Å². The third-order valence-electron chi connectivity index (χ3n) is 7.54. The van der Waals surface area contributed by atoms with Crippen LogP contribution in [0, 0.1) is 10.1 Å². The standard InChI is InChI=1S/C33H34N4O6.CH4O3S/c1-20(2)42-32(38)27-21(3)35-31(34)29(28(27)24-15-10-16-25(17-24)37(40)41)33(39)43-26-18-36(19-26)30(22-11-6-4-7-12-22)23-13-8-5-9-14-23;1-5(2,3)4/h4-17,20,26,28,30,35H,18-19,34H2,1-3H3;1H3,(H,2,3,4). The highest BCUT2D eigenvalue weighted by molar-refractivity contribution is 7.85. The Morgan fingerprint density at radius 1 is 0.958 bits per heavy atom. The molecule has 0 radical (unpaired) electrons. The lowest BCUT2D eigenvalue weighted by Gasteiger charge is -2.44. The molecule has 1 unspecified atom stereocenters. The maximum Gasteiger partial charge on any atom is 0.339 e. The van der Waals surface area contributed by atoms with E-state index in [0.29, 0.717) is 30.6 Å². The van der Waals surface area contributed by atoms with Gasteiger partial charge in [0.05, 0.1) is 40.4 Å². The van der Waals surface area contributed by atoms with Gasteiger partial charge < -0.3 is 20.5 Å². The molecular weight excluding hydrogens is 640 g/mol. The largest absolute Gasteiger partial charge is 0.460 e. The number of nitrogens with zero attached hydrogens (tertiary/aromatic N) is 2. The predicted molar refractivity (Wildman–Crippen MR) is 178 cm³/mol. The number of benzene rings is 3. The quantitative estimate of drug-likeness (QED) is 0.127. The number of allylic oxidation sites excluding steroid dienone is 1. The first-order valence-electron chi connectivity index (χ1n) is 15.0. The Kier molecular flexibility index (Phi) is 11.4. The minimum absolute atomic E-state index is 0.00271. The summed E-state index contributed by atoms with van der Waals surface area (Å²) in [4.78, 5) is 40.4. The number of nitro benzene ring substituents is 1. The van der Waals surface area contributed by atoms with Crippen molar-refractivity contribution in [3.05, 3.63) is 134 Å². The van der Waals surface area contributed by atoms with Gasteiger partial charge in [-0.15, -0.1) is 0 Å². The summed E-state index contributed by atoms with van der Waals surface area (Å²) >= 11 is 0. The lowest BCUT2D eigenvalue weighted by Crippen LogP contribution is -2.54. The molecule has 2 heterocycles. The zero-order chi connectivity index (χ0) is 35.2. The molecule has 1 atom stereocenters. The Morgan fingerprint density at radius 2 is 1.50 bits per heavy atom. The van der Waals surface area contributed by atoms with Gasteiger partial charge >= 0.3 is 11.9 Å². The smallest absolute Gasteiger partial charge is 0.339 e. The summed E-state index contributed by atoms with van der Waals surface area (Å²) in [6, 6.07) is 26.0. The number of rotatable bonds is 9. The van der Waals surface area contributed by atoms with Crippen molar-refractivity contribution in [2.45, 2.75) is 44.9 Å². The molecule has 13 nitrogen and oxygen atoms in total. The number of nitrogens with one attached hydrogen (secondary N) is 1. The lowest BCUT2D eigenvalue weighted by atomic mass is 9.81. The second-order valence-corrected chi connectivity index (χ2v) is 13.1. The summed E-state index contributed by atoms with van der Waals surface area (Å²) in [5, 5.41) is 14.5. The Bertz CT molecular complexity index is 1770. The van der Waals surface area contributed by atoms with Crippen molar-refractivity contribution in [1.29, 1.82) is 0 Å². The van der Waals surface area contributed by atoms with Crippen LogP contribution in [0.2, 0.25) is 0 Å². The molecule has 0 spiro atoms. The summed E-state index contributed by atoms with van der Waals surface area (Å²) < 4.78 is 37.3. The number of likely N-dealkylation sites (tertiary alicyclic amines) is 1. The monoisotopic (exact) mass is 678 g/mol. The highest BCUT2D eigenvalue weighted by atomic mass is 32.2. The van der Waals surface area contributed by atoms with E-state index >= 15 is 0 Å². The van der Waals surface area contributed by atoms with Gasteiger partial charge in [-0.2, -0.15) is 8.42 Å². The fourth-order valence-corrected chi connectivity index (χ4v) is 5.64. The third kappa shape index (κ3) is 9.06. The van der Waals surface area contributed by atoms with Gasteiger partial charge in [-0.1, -0.05) is 72.8 Å². The number of nitro groups is 1. The van der Waals surface area contributed by atoms with Gasteiger partial charge in [-0.05, 0) is 37.5 Å². The van der Waals surface area contributed by atoms with Crippen molar-refractivity contribution in [3.8, 4) is 0 Å². The topological polar surface area (TPSA) is 191 Å². The van der Waals surface area contributed by atoms with Crippen molar-refractivity contribution in [3.63, 3.8) is 0 Å². The van der Waals surface area contributed by atoms with Crippen LogP contribution in [-0.4, -0.2) is 66.3 Å². The Balaban J connectivity index is 0.000000968. The fourth-order valence-electron chi connectivity index (χ4n) is 5.64. The summed E-state index contributed by atoms with van der Waals surface area (Å²) in [6.45, 7) is 6.05. The van der Waals surface area contributed by atoms with Crippen LogP contribution in [0.25, 0.3) is 0 Å². The van der Waals surface area contributed by atoms with E-state index in [4.69, 9.17) is 19.8 Å². The molecule has 3 aromatic rings. The zero-order valence-electron chi connectivity index (χ0n) is 26.9. The van der Waals surface area contributed by atoms with Crippen LogP contribution < -0.4 is 11.1 Å². The van der Waals surface area contributed by atoms with E-state index in [-0.39, 0.29) is 28.7 Å². The second-order valence-electron chi connectivity index (χ2n) is 11.7. The van der Waals surface area contributed by atoms with Crippen LogP contribution in [-0.2, 0) is 29.2 Å². The molecule has 3 aromatic carbocycles. The maximum absolute atomic E-state index is 13.8. The highest BCUT2D eigenvalue weighted by Gasteiger charge is 2.42. The van der Waals surface area contributed by atoms with Gasteiger partial charge in [0.2, 0.25) is 0 Å². The number of hydrogen-bond donors (Lipinski definition) is 3. The van der Waals surface area contributed by atoms with Gasteiger partial charge in [0.25, 0.3) is 15.8 Å². The minimum Gasteiger partial charge on any atom is -0.460 e. The normalized spacial score (nSPS) is 16.9. The molecule has 0 aromatic heterocycles. The highest BCUT2D eigenvalue weighted by Crippen LogP contribution is 2.40. The second kappa shape index (κ2) is 15.2. The number of nitrogens with two attached hydrogens (primary N) is 1. The van der Waals surface area contributed by atoms with Crippen molar-refractivity contribution in [2.75, 3.05) is 19.3 Å². The number of non-ortho nitro benzene ring substituents is 1. The first kappa shape index (κ1) is 35.8. The number of dihydropyridines is 1. The SMILES string of the molecule is CC1=C(C(=O)OC(C)C)C(c2cccc([N+](=O)[O-])c2)C(C(=O)OC2CN(C(c3ccccc3)c3ccccc3)C2)=C(N)N1.CS(=O)(=O)O. The van der Waals surface area contributed by atoms with Crippen molar-refractivity contribution in [2.24, 2.45) is 5.73 Å². The van der Waals surface area contributed by atoms with Gasteiger partial charge in [0.1, 0.15) is 11.9 Å². The molecular formula is C34H38N4O9S. The van der Waals surface area contributed by atoms with Gasteiger partial charge in [0, 0.05) is 30.9 Å². The van der Waals surface area contributed by atoms with Crippen molar-refractivity contribution < 1.29 is 37.0 Å². The number of ether oxygens (including phenoxy) is 2. The molecule has 1 fully saturated rings. The van der Waals surface area contributed by atoms with E-state index < -0.39 is 45.1 Å². The molecule has 2 aliphatic heterocycles. The molecule has 0 amide bonds. The summed E-state index contributed by atoms with van der Waals surface area (Å²) in [6.07, 6.45) is -0.139. The van der Waals surface area contributed by atoms with Crippen molar-refractivity contribution >= 4 is 27.7 Å². The van der Waals surface area contributed by atoms with Crippen LogP contribution in [0.3, 0.4) is 0 Å². The van der Waals surface area contributed by atoms with E-state index in [2.05, 4.69) is 34.5 Å². The molecule has 48 heavy (non-hydrogen) atoms. The average Bonchev–Trinajstić information content (AvgIpc) is 2.99. The van der Waals surface area contributed by atoms with Crippen LogP contribution >= 0.6 is 0 Å². The first-order valence-corrected chi connectivity index (χ1v) is 16.9. The van der Waals surface area contributed by atoms with Gasteiger partial charge in [0.15, 0.2) is 0 Å². The van der Waals surface area contributed by atoms with Gasteiger partial charge in [-0.3, -0.25) is 19.6 Å². The van der Waals surface area contributed by atoms with Crippen LogP contribution in [0.1, 0.15) is 49.4 Å². The Morgan fingerprint density at radius 3 is 2.00 bits per heavy atom. The predicted octanol–water partition coefficient (Wildman–Crippen LogP) is 4.20. The molecule has 5 rings (SSSR count). The van der Waals surface area contributed by atoms with E-state index in [1.54, 1.807) is 26.8 Å². The lowest BCUT2D eigenvalue weighted by molar-refractivity contribution is -0.384. The fraction of sp³-hybridized carbons (Fsp3) is 0.294. The third-order valence-corrected chi connectivity index (χ3v) is 7.54. The molecule has 2 aliphatic rings. The van der Waals surface area contributed by atoms with E-state index in [9.17, 15) is 28.1 Å². The minimum atomic E-state index is -3.67. The number of carbonyl (C=O) groups is 2. The molecule has 14 heteroatoms. The molecule has 0 saturated carbocycles. The number of carbonyl (C=O) groups excluding carboxylic acids is 2. The summed E-state index contributed by atoms with van der Waals surface area (Å²) in [7, 11) is -3.67. The molecule has 0 bridgehead atoms. The zero-order valence-corrected chi connectivity index (χ0v) is 27.7. The van der Waals surface area contributed by atoms with E-state index in [1.165, 1.54) is 18.2 Å². The number of esters is 2. The Hall–Kier alpha value is -5.05. The molecule has 1 saturated heterocycles. The molecule has 254 valence electrons. The summed E-state index contributed by atoms with van der Waals surface area (Å²) in [5.41, 5.74) is 9.31. The van der Waals surface area contributed by atoms with Crippen molar-refractivity contribution in [1.82, 2.24) is 10.2 Å². The molecule has 0 aliphatic carbocycles.